The lowest BCUT2D eigenvalue weighted by atomic mass is 10.2. The highest BCUT2D eigenvalue weighted by Crippen LogP contribution is 2.08. The fraction of sp³-hybridized carbons (Fsp3) is 0.514. The summed E-state index contributed by atoms with van der Waals surface area (Å²) in [6.45, 7) is 14.6. The Morgan fingerprint density at radius 3 is 1.52 bits per heavy atom. The van der Waals surface area contributed by atoms with Gasteiger partial charge < -0.3 is 48.2 Å². The minimum atomic E-state index is -1.03. The average Bonchev–Trinajstić information content (AvgIpc) is 3.84. The number of rotatable bonds is 26. The monoisotopic (exact) mass is 730 g/mol. The first-order valence-corrected chi connectivity index (χ1v) is 16.8. The SMILES string of the molecule is C=C(CCn1ccnc1)OCC(COC(=O)C(=C)C)OC(=O)NCCCCCCNC(=O)OC(COC(=O)CCn1ccnc1)COC(=O)C(=C)C. The number of unbranched alkanes of at least 4 members (excludes halogenated alkanes) is 3. The Morgan fingerprint density at radius 2 is 1.08 bits per heavy atom. The van der Waals surface area contributed by atoms with Gasteiger partial charge >= 0.3 is 30.1 Å². The molecule has 52 heavy (non-hydrogen) atoms. The number of imidazole rings is 2. The van der Waals surface area contributed by atoms with Crippen molar-refractivity contribution in [1.29, 1.82) is 0 Å². The summed E-state index contributed by atoms with van der Waals surface area (Å²) in [6, 6.07) is 0. The molecule has 2 aromatic heterocycles. The minimum absolute atomic E-state index is 0.0619. The molecule has 0 aromatic carbocycles. The van der Waals surface area contributed by atoms with Crippen LogP contribution in [0.2, 0.25) is 0 Å². The molecule has 2 atom stereocenters. The second-order valence-corrected chi connectivity index (χ2v) is 11.7. The quantitative estimate of drug-likeness (QED) is 0.0468. The van der Waals surface area contributed by atoms with Crippen LogP contribution in [0.25, 0.3) is 0 Å². The summed E-state index contributed by atoms with van der Waals surface area (Å²) in [5.74, 6) is -1.33. The third-order valence-corrected chi connectivity index (χ3v) is 6.93. The van der Waals surface area contributed by atoms with Gasteiger partial charge in [-0.05, 0) is 26.7 Å². The van der Waals surface area contributed by atoms with Crippen molar-refractivity contribution in [3.05, 3.63) is 74.1 Å². The summed E-state index contributed by atoms with van der Waals surface area (Å²) in [5, 5.41) is 5.29. The van der Waals surface area contributed by atoms with E-state index in [0.29, 0.717) is 51.2 Å². The van der Waals surface area contributed by atoms with Gasteiger partial charge in [-0.25, -0.2) is 29.1 Å². The number of carbonyl (C=O) groups excluding carboxylic acids is 5. The second kappa shape index (κ2) is 24.5. The number of aromatic nitrogens is 4. The van der Waals surface area contributed by atoms with E-state index in [1.807, 2.05) is 10.8 Å². The third kappa shape index (κ3) is 19.5. The van der Waals surface area contributed by atoms with E-state index in [-0.39, 0.29) is 44.0 Å². The van der Waals surface area contributed by atoms with Crippen molar-refractivity contribution in [2.24, 2.45) is 0 Å². The van der Waals surface area contributed by atoms with Gasteiger partial charge in [0.15, 0.2) is 12.2 Å². The van der Waals surface area contributed by atoms with Crippen LogP contribution in [0.4, 0.5) is 9.59 Å². The zero-order chi connectivity index (χ0) is 38.1. The maximum atomic E-state index is 12.4. The van der Waals surface area contributed by atoms with Crippen molar-refractivity contribution in [2.45, 2.75) is 77.7 Å². The van der Waals surface area contributed by atoms with E-state index in [4.69, 9.17) is 28.4 Å². The Hall–Kier alpha value is -5.61. The number of hydrogen-bond donors (Lipinski definition) is 2. The molecule has 17 heteroatoms. The van der Waals surface area contributed by atoms with E-state index in [9.17, 15) is 24.0 Å². The minimum Gasteiger partial charge on any atom is -0.494 e. The van der Waals surface area contributed by atoms with Gasteiger partial charge in [-0.15, -0.1) is 0 Å². The zero-order valence-corrected chi connectivity index (χ0v) is 29.9. The van der Waals surface area contributed by atoms with Crippen LogP contribution in [0.5, 0.6) is 0 Å². The Labute approximate surface area is 303 Å². The molecule has 0 saturated heterocycles. The summed E-state index contributed by atoms with van der Waals surface area (Å²) in [6.07, 6.45) is 10.0. The molecule has 0 aliphatic carbocycles. The highest BCUT2D eigenvalue weighted by Gasteiger charge is 2.21. The van der Waals surface area contributed by atoms with E-state index in [2.05, 4.69) is 40.3 Å². The number of alkyl carbamates (subject to hydrolysis) is 2. The molecule has 17 nitrogen and oxygen atoms in total. The Morgan fingerprint density at radius 1 is 0.635 bits per heavy atom. The van der Waals surface area contributed by atoms with E-state index in [1.165, 1.54) is 13.8 Å². The summed E-state index contributed by atoms with van der Waals surface area (Å²) in [5.41, 5.74) is 0.381. The molecule has 0 radical (unpaired) electrons. The molecule has 0 bridgehead atoms. The lowest BCUT2D eigenvalue weighted by molar-refractivity contribution is -0.150. The first-order chi connectivity index (χ1) is 24.9. The highest BCUT2D eigenvalue weighted by atomic mass is 16.6. The van der Waals surface area contributed by atoms with Gasteiger partial charge in [0, 0.05) is 68.5 Å². The number of esters is 3. The second-order valence-electron chi connectivity index (χ2n) is 11.7. The van der Waals surface area contributed by atoms with Crippen LogP contribution in [0.15, 0.2) is 74.1 Å². The van der Waals surface area contributed by atoms with E-state index in [1.54, 1.807) is 35.8 Å². The molecule has 2 N–H and O–H groups in total. The predicted molar refractivity (Wildman–Crippen MR) is 186 cm³/mol. The molecule has 0 fully saturated rings. The van der Waals surface area contributed by atoms with Gasteiger partial charge in [0.05, 0.1) is 24.8 Å². The largest absolute Gasteiger partial charge is 0.494 e. The Bertz CT molecular complexity index is 1330. The molecule has 2 aromatic rings. The first-order valence-electron chi connectivity index (χ1n) is 16.8. The molecule has 0 saturated carbocycles. The molecule has 0 spiro atoms. The van der Waals surface area contributed by atoms with E-state index < -0.39 is 42.3 Å². The topological polar surface area (TPSA) is 200 Å². The molecular formula is C35H50N6O11. The number of hydrogen-bond acceptors (Lipinski definition) is 13. The van der Waals surface area contributed by atoms with Crippen LogP contribution < -0.4 is 10.6 Å². The van der Waals surface area contributed by atoms with E-state index in [0.717, 1.165) is 12.8 Å². The van der Waals surface area contributed by atoms with Crippen LogP contribution >= 0.6 is 0 Å². The van der Waals surface area contributed by atoms with Crippen molar-refractivity contribution >= 4 is 30.1 Å². The van der Waals surface area contributed by atoms with Crippen molar-refractivity contribution in [3.8, 4) is 0 Å². The van der Waals surface area contributed by atoms with Gasteiger partial charge in [-0.3, -0.25) is 4.79 Å². The molecular weight excluding hydrogens is 680 g/mol. The van der Waals surface area contributed by atoms with Crippen molar-refractivity contribution in [2.75, 3.05) is 39.5 Å². The standard InChI is InChI=1S/C35H50N6O11/c1-26(2)32(43)49-22-29(20-47-28(5)10-16-40-18-14-36-24-40)51-34(45)38-12-8-6-7-9-13-39-35(46)52-30(23-50-33(44)27(3)4)21-48-31(42)11-17-41-19-15-37-25-41/h14-15,18-19,24-25,29-30H,1,3,5-13,16-17,20-23H2,2,4H3,(H,38,45)(H,39,46). The predicted octanol–water partition coefficient (Wildman–Crippen LogP) is 3.62. The molecule has 0 aliphatic heterocycles. The fourth-order valence-electron chi connectivity index (χ4n) is 4.04. The average molecular weight is 731 g/mol. The van der Waals surface area contributed by atoms with Crippen molar-refractivity contribution in [1.82, 2.24) is 29.7 Å². The van der Waals surface area contributed by atoms with Gasteiger partial charge in [-0.1, -0.05) is 32.6 Å². The first kappa shape index (κ1) is 42.6. The molecule has 2 amide bonds. The van der Waals surface area contributed by atoms with Crippen molar-refractivity contribution in [3.63, 3.8) is 0 Å². The van der Waals surface area contributed by atoms with Crippen LogP contribution in [0.3, 0.4) is 0 Å². The molecule has 2 unspecified atom stereocenters. The molecule has 2 rings (SSSR count). The molecule has 0 aliphatic rings. The van der Waals surface area contributed by atoms with Gasteiger partial charge in [0.2, 0.25) is 0 Å². The van der Waals surface area contributed by atoms with E-state index >= 15 is 0 Å². The number of ether oxygens (including phenoxy) is 6. The number of carbonyl (C=O) groups is 5. The highest BCUT2D eigenvalue weighted by molar-refractivity contribution is 5.87. The van der Waals surface area contributed by atoms with Crippen LogP contribution in [0, 0.1) is 0 Å². The number of nitrogens with zero attached hydrogens (tertiary/aromatic N) is 4. The summed E-state index contributed by atoms with van der Waals surface area (Å²) < 4.78 is 35.5. The maximum Gasteiger partial charge on any atom is 0.407 e. The molecule has 286 valence electrons. The smallest absolute Gasteiger partial charge is 0.407 e. The number of amides is 2. The fourth-order valence-corrected chi connectivity index (χ4v) is 4.04. The summed E-state index contributed by atoms with van der Waals surface area (Å²) >= 11 is 0. The van der Waals surface area contributed by atoms with Gasteiger partial charge in [-0.2, -0.15) is 0 Å². The van der Waals surface area contributed by atoms with Crippen LogP contribution in [-0.4, -0.2) is 101 Å². The number of nitrogens with one attached hydrogen (secondary N) is 2. The summed E-state index contributed by atoms with van der Waals surface area (Å²) in [7, 11) is 0. The Balaban J connectivity index is 1.65. The lowest BCUT2D eigenvalue weighted by Crippen LogP contribution is -2.36. The maximum absolute atomic E-state index is 12.4. The van der Waals surface area contributed by atoms with Crippen LogP contribution in [0.1, 0.15) is 52.4 Å². The van der Waals surface area contributed by atoms with Gasteiger partial charge in [0.1, 0.15) is 26.4 Å². The van der Waals surface area contributed by atoms with Crippen LogP contribution in [-0.2, 0) is 55.9 Å². The molecule has 2 heterocycles. The van der Waals surface area contributed by atoms with Gasteiger partial charge in [0.25, 0.3) is 0 Å². The zero-order valence-electron chi connectivity index (χ0n) is 29.9. The normalized spacial score (nSPS) is 11.7. The number of allylic oxidation sites excluding steroid dienone is 1. The van der Waals surface area contributed by atoms with Crippen molar-refractivity contribution < 1.29 is 52.4 Å². The third-order valence-electron chi connectivity index (χ3n) is 6.93. The Kier molecular flexibility index (Phi) is 20.1. The summed E-state index contributed by atoms with van der Waals surface area (Å²) in [4.78, 5) is 68.6. The number of aryl methyl sites for hydroxylation is 2. The lowest BCUT2D eigenvalue weighted by Gasteiger charge is -2.20.